The molecule has 0 atom stereocenters. The van der Waals surface area contributed by atoms with E-state index >= 15 is 0 Å². The molecule has 1 fully saturated rings. The van der Waals surface area contributed by atoms with Gasteiger partial charge in [-0.1, -0.05) is 48.9 Å². The number of fused-ring (bicyclic) bond motifs is 1. The van der Waals surface area contributed by atoms with Gasteiger partial charge in [0.2, 0.25) is 5.78 Å². The molecular weight excluding hydrogens is 252 g/mol. The summed E-state index contributed by atoms with van der Waals surface area (Å²) in [6.07, 6.45) is 2.86. The lowest BCUT2D eigenvalue weighted by Crippen LogP contribution is -2.26. The van der Waals surface area contributed by atoms with E-state index < -0.39 is 0 Å². The summed E-state index contributed by atoms with van der Waals surface area (Å²) in [6.45, 7) is -0.163. The zero-order valence-electron chi connectivity index (χ0n) is 11.2. The monoisotopic (exact) mass is 268 g/mol. The lowest BCUT2D eigenvalue weighted by Gasteiger charge is -2.22. The summed E-state index contributed by atoms with van der Waals surface area (Å²) in [4.78, 5) is 23.9. The Hall–Kier alpha value is -2.16. The Labute approximate surface area is 117 Å². The molecule has 0 spiro atoms. The smallest absolute Gasteiger partial charge is 0.309 e. The van der Waals surface area contributed by atoms with Crippen molar-refractivity contribution < 1.29 is 14.3 Å². The molecular formula is C17H16O3. The Morgan fingerprint density at radius 2 is 1.80 bits per heavy atom. The van der Waals surface area contributed by atoms with Crippen molar-refractivity contribution in [3.05, 3.63) is 48.0 Å². The molecule has 0 N–H and O–H groups in total. The molecule has 0 unspecified atom stereocenters. The standard InChI is InChI=1S/C17H16O3/c18-16(11-20-17(19)13-7-3-8-13)15-10-4-6-12-5-1-2-9-14(12)15/h1-2,4-6,9-10,13H,3,7-8,11H2. The zero-order chi connectivity index (χ0) is 13.9. The van der Waals surface area contributed by atoms with Gasteiger partial charge in [-0.3, -0.25) is 9.59 Å². The third kappa shape index (κ3) is 2.44. The molecule has 1 aliphatic carbocycles. The molecule has 0 aromatic heterocycles. The zero-order valence-corrected chi connectivity index (χ0v) is 11.2. The van der Waals surface area contributed by atoms with E-state index in [-0.39, 0.29) is 24.3 Å². The van der Waals surface area contributed by atoms with Gasteiger partial charge < -0.3 is 4.74 Å². The van der Waals surface area contributed by atoms with Crippen molar-refractivity contribution in [3.8, 4) is 0 Å². The fourth-order valence-corrected chi connectivity index (χ4v) is 2.44. The molecule has 0 aliphatic heterocycles. The van der Waals surface area contributed by atoms with Crippen molar-refractivity contribution in [2.45, 2.75) is 19.3 Å². The number of carbonyl (C=O) groups excluding carboxylic acids is 2. The second-order valence-electron chi connectivity index (χ2n) is 5.19. The molecule has 2 aromatic carbocycles. The third-order valence-electron chi connectivity index (χ3n) is 3.87. The van der Waals surface area contributed by atoms with Crippen LogP contribution in [0.2, 0.25) is 0 Å². The number of ether oxygens (including phenoxy) is 1. The van der Waals surface area contributed by atoms with E-state index in [9.17, 15) is 9.59 Å². The number of hydrogen-bond acceptors (Lipinski definition) is 3. The van der Waals surface area contributed by atoms with Crippen molar-refractivity contribution in [1.29, 1.82) is 0 Å². The molecule has 0 radical (unpaired) electrons. The van der Waals surface area contributed by atoms with Crippen LogP contribution in [0, 0.1) is 5.92 Å². The van der Waals surface area contributed by atoms with Crippen LogP contribution in [0.4, 0.5) is 0 Å². The number of carbonyl (C=O) groups is 2. The average molecular weight is 268 g/mol. The van der Waals surface area contributed by atoms with Crippen LogP contribution in [-0.2, 0) is 9.53 Å². The summed E-state index contributed by atoms with van der Waals surface area (Å²) in [5, 5.41) is 1.92. The Morgan fingerprint density at radius 1 is 1.05 bits per heavy atom. The topological polar surface area (TPSA) is 43.4 Å². The summed E-state index contributed by atoms with van der Waals surface area (Å²) in [7, 11) is 0. The largest absolute Gasteiger partial charge is 0.457 e. The molecule has 20 heavy (non-hydrogen) atoms. The summed E-state index contributed by atoms with van der Waals surface area (Å²) in [6, 6.07) is 13.3. The highest BCUT2D eigenvalue weighted by Crippen LogP contribution is 2.27. The third-order valence-corrected chi connectivity index (χ3v) is 3.87. The highest BCUT2D eigenvalue weighted by molar-refractivity contribution is 6.09. The molecule has 102 valence electrons. The van der Waals surface area contributed by atoms with Crippen LogP contribution in [0.5, 0.6) is 0 Å². The van der Waals surface area contributed by atoms with Crippen molar-refractivity contribution in [2.75, 3.05) is 6.61 Å². The van der Waals surface area contributed by atoms with Crippen LogP contribution in [0.1, 0.15) is 29.6 Å². The average Bonchev–Trinajstić information content (AvgIpc) is 2.42. The Morgan fingerprint density at radius 3 is 2.55 bits per heavy atom. The maximum absolute atomic E-state index is 12.2. The van der Waals surface area contributed by atoms with E-state index in [1.165, 1.54) is 0 Å². The molecule has 3 heteroatoms. The maximum atomic E-state index is 12.2. The van der Waals surface area contributed by atoms with Gasteiger partial charge in [0.1, 0.15) is 0 Å². The molecule has 1 saturated carbocycles. The summed E-state index contributed by atoms with van der Waals surface area (Å²) in [5.74, 6) is -0.366. The van der Waals surface area contributed by atoms with Gasteiger partial charge in [-0.15, -0.1) is 0 Å². The van der Waals surface area contributed by atoms with Gasteiger partial charge in [0.15, 0.2) is 6.61 Å². The van der Waals surface area contributed by atoms with Gasteiger partial charge >= 0.3 is 5.97 Å². The molecule has 0 bridgehead atoms. The number of Topliss-reactive ketones (excluding diaryl/α,β-unsaturated/α-hetero) is 1. The first kappa shape index (κ1) is 12.9. The van der Waals surface area contributed by atoms with Crippen molar-refractivity contribution >= 4 is 22.5 Å². The van der Waals surface area contributed by atoms with Crippen molar-refractivity contribution in [2.24, 2.45) is 5.92 Å². The van der Waals surface area contributed by atoms with Crippen LogP contribution in [0.3, 0.4) is 0 Å². The maximum Gasteiger partial charge on any atom is 0.309 e. The van der Waals surface area contributed by atoms with Gasteiger partial charge in [-0.25, -0.2) is 0 Å². The van der Waals surface area contributed by atoms with Crippen molar-refractivity contribution in [3.63, 3.8) is 0 Å². The van der Waals surface area contributed by atoms with Crippen molar-refractivity contribution in [1.82, 2.24) is 0 Å². The van der Waals surface area contributed by atoms with E-state index in [0.717, 1.165) is 30.0 Å². The highest BCUT2D eigenvalue weighted by atomic mass is 16.5. The second-order valence-corrected chi connectivity index (χ2v) is 5.19. The second kappa shape index (κ2) is 5.45. The SMILES string of the molecule is O=C(COC(=O)C1CCC1)c1cccc2ccccc12. The first-order valence-corrected chi connectivity index (χ1v) is 6.93. The van der Waals surface area contributed by atoms with Gasteiger partial charge in [-0.05, 0) is 23.6 Å². The van der Waals surface area contributed by atoms with Gasteiger partial charge in [0.05, 0.1) is 5.92 Å². The first-order valence-electron chi connectivity index (χ1n) is 6.93. The predicted octanol–water partition coefficient (Wildman–Crippen LogP) is 3.37. The molecule has 1 aliphatic rings. The van der Waals surface area contributed by atoms with E-state index in [1.807, 2.05) is 36.4 Å². The molecule has 0 heterocycles. The lowest BCUT2D eigenvalue weighted by atomic mass is 9.86. The highest BCUT2D eigenvalue weighted by Gasteiger charge is 2.27. The number of ketones is 1. The Balaban J connectivity index is 1.73. The summed E-state index contributed by atoms with van der Waals surface area (Å²) in [5.41, 5.74) is 0.615. The predicted molar refractivity (Wildman–Crippen MR) is 76.6 cm³/mol. The number of benzene rings is 2. The number of hydrogen-bond donors (Lipinski definition) is 0. The number of esters is 1. The first-order chi connectivity index (χ1) is 9.75. The molecule has 0 amide bonds. The molecule has 3 nitrogen and oxygen atoms in total. The normalized spacial score (nSPS) is 14.8. The van der Waals surface area contributed by atoms with Crippen LogP contribution < -0.4 is 0 Å². The van der Waals surface area contributed by atoms with E-state index in [2.05, 4.69) is 0 Å². The van der Waals surface area contributed by atoms with E-state index in [0.29, 0.717) is 5.56 Å². The van der Waals surface area contributed by atoms with Gasteiger partial charge in [0, 0.05) is 5.56 Å². The Kier molecular flexibility index (Phi) is 3.50. The summed E-state index contributed by atoms with van der Waals surface area (Å²) < 4.78 is 5.12. The van der Waals surface area contributed by atoms with E-state index in [1.54, 1.807) is 6.07 Å². The van der Waals surface area contributed by atoms with Crippen LogP contribution >= 0.6 is 0 Å². The minimum absolute atomic E-state index is 0.00955. The Bertz CT molecular complexity index is 651. The molecule has 2 aromatic rings. The van der Waals surface area contributed by atoms with Gasteiger partial charge in [0.25, 0.3) is 0 Å². The quantitative estimate of drug-likeness (QED) is 0.630. The van der Waals surface area contributed by atoms with Crippen LogP contribution in [-0.4, -0.2) is 18.4 Å². The fraction of sp³-hybridized carbons (Fsp3) is 0.294. The summed E-state index contributed by atoms with van der Waals surface area (Å²) >= 11 is 0. The molecule has 3 rings (SSSR count). The minimum atomic E-state index is -0.232. The fourth-order valence-electron chi connectivity index (χ4n) is 2.44. The van der Waals surface area contributed by atoms with E-state index in [4.69, 9.17) is 4.74 Å². The lowest BCUT2D eigenvalue weighted by molar-refractivity contribution is -0.150. The van der Waals surface area contributed by atoms with Gasteiger partial charge in [-0.2, -0.15) is 0 Å². The van der Waals surface area contributed by atoms with Crippen LogP contribution in [0.15, 0.2) is 42.5 Å². The number of rotatable bonds is 4. The van der Waals surface area contributed by atoms with Crippen LogP contribution in [0.25, 0.3) is 10.8 Å². The minimum Gasteiger partial charge on any atom is -0.457 e. The molecule has 0 saturated heterocycles.